The molecule has 2 aliphatic rings. The predicted octanol–water partition coefficient (Wildman–Crippen LogP) is 0.905. The minimum atomic E-state index is -0.842. The number of hydrogen-bond acceptors (Lipinski definition) is 7. The highest BCUT2D eigenvalue weighted by Crippen LogP contribution is 2.42. The lowest BCUT2D eigenvalue weighted by molar-refractivity contribution is -0.200. The quantitative estimate of drug-likeness (QED) is 0.802. The zero-order valence-corrected chi connectivity index (χ0v) is 15.4. The third kappa shape index (κ3) is 3.45. The second-order valence-corrected chi connectivity index (χ2v) is 7.14. The molecule has 2 aliphatic heterocycles. The number of ether oxygens (including phenoxy) is 3. The van der Waals surface area contributed by atoms with Gasteiger partial charge >= 0.3 is 5.69 Å². The minimum absolute atomic E-state index is 0.132. The van der Waals surface area contributed by atoms with E-state index in [-0.39, 0.29) is 18.3 Å². The van der Waals surface area contributed by atoms with Gasteiger partial charge in [0.15, 0.2) is 12.0 Å². The van der Waals surface area contributed by atoms with E-state index in [9.17, 15) is 14.7 Å². The highest BCUT2D eigenvalue weighted by atomic mass is 16.8. The lowest BCUT2D eigenvalue weighted by Crippen LogP contribution is -2.35. The highest BCUT2D eigenvalue weighted by molar-refractivity contribution is 6.03. The summed E-state index contributed by atoms with van der Waals surface area (Å²) in [5, 5.41) is 12.2. The number of aliphatic hydroxyl groups excluding tert-OH is 1. The Balaban J connectivity index is 1.55. The number of aromatic nitrogens is 2. The van der Waals surface area contributed by atoms with Crippen molar-refractivity contribution in [2.24, 2.45) is 0 Å². The van der Waals surface area contributed by atoms with Crippen molar-refractivity contribution in [2.45, 2.75) is 44.2 Å². The number of aliphatic hydroxyl groups is 1. The lowest BCUT2D eigenvalue weighted by Gasteiger charge is -2.24. The van der Waals surface area contributed by atoms with Crippen molar-refractivity contribution in [1.29, 1.82) is 0 Å². The number of anilines is 1. The van der Waals surface area contributed by atoms with Crippen molar-refractivity contribution in [3.8, 4) is 0 Å². The van der Waals surface area contributed by atoms with Crippen LogP contribution in [-0.2, 0) is 14.2 Å². The molecule has 0 unspecified atom stereocenters. The number of amides is 1. The number of rotatable bonds is 4. The van der Waals surface area contributed by atoms with Crippen molar-refractivity contribution < 1.29 is 24.1 Å². The molecule has 3 heterocycles. The van der Waals surface area contributed by atoms with E-state index in [1.165, 1.54) is 16.8 Å². The lowest BCUT2D eigenvalue weighted by atomic mass is 10.1. The van der Waals surface area contributed by atoms with Gasteiger partial charge in [-0.15, -0.1) is 0 Å². The monoisotopic (exact) mass is 387 g/mol. The molecule has 4 rings (SSSR count). The van der Waals surface area contributed by atoms with E-state index < -0.39 is 36.0 Å². The minimum Gasteiger partial charge on any atom is -0.394 e. The third-order valence-electron chi connectivity index (χ3n) is 4.69. The van der Waals surface area contributed by atoms with E-state index >= 15 is 0 Å². The van der Waals surface area contributed by atoms with Crippen LogP contribution >= 0.6 is 0 Å². The molecule has 2 N–H and O–H groups in total. The first-order valence-electron chi connectivity index (χ1n) is 8.95. The van der Waals surface area contributed by atoms with Gasteiger partial charge < -0.3 is 24.6 Å². The van der Waals surface area contributed by atoms with Crippen molar-refractivity contribution in [2.75, 3.05) is 11.9 Å². The number of carbonyl (C=O) groups excluding carboxylic acids is 1. The molecule has 28 heavy (non-hydrogen) atoms. The van der Waals surface area contributed by atoms with Crippen LogP contribution in [0.4, 0.5) is 5.82 Å². The molecule has 9 nitrogen and oxygen atoms in total. The molecule has 1 aromatic carbocycles. The molecule has 148 valence electrons. The Morgan fingerprint density at radius 1 is 1.21 bits per heavy atom. The molecule has 9 heteroatoms. The van der Waals surface area contributed by atoms with Gasteiger partial charge in [-0.3, -0.25) is 9.36 Å². The largest absolute Gasteiger partial charge is 0.394 e. The zero-order chi connectivity index (χ0) is 19.9. The average molecular weight is 387 g/mol. The van der Waals surface area contributed by atoms with E-state index in [0.29, 0.717) is 5.56 Å². The summed E-state index contributed by atoms with van der Waals surface area (Å²) >= 11 is 0. The second kappa shape index (κ2) is 7.10. The van der Waals surface area contributed by atoms with Gasteiger partial charge in [-0.2, -0.15) is 4.98 Å². The molecule has 0 saturated carbocycles. The van der Waals surface area contributed by atoms with Gasteiger partial charge in [0.05, 0.1) is 6.61 Å². The van der Waals surface area contributed by atoms with Crippen molar-refractivity contribution in [3.05, 3.63) is 58.6 Å². The fourth-order valence-corrected chi connectivity index (χ4v) is 3.48. The van der Waals surface area contributed by atoms with E-state index in [1.54, 1.807) is 44.2 Å². The van der Waals surface area contributed by atoms with Crippen molar-refractivity contribution in [3.63, 3.8) is 0 Å². The molecule has 4 atom stereocenters. The topological polar surface area (TPSA) is 112 Å². The summed E-state index contributed by atoms with van der Waals surface area (Å²) in [6.45, 7) is 3.27. The van der Waals surface area contributed by atoms with Crippen LogP contribution in [-0.4, -0.2) is 51.3 Å². The van der Waals surface area contributed by atoms with Gasteiger partial charge in [-0.05, 0) is 32.0 Å². The first kappa shape index (κ1) is 18.8. The van der Waals surface area contributed by atoms with Crippen LogP contribution < -0.4 is 11.0 Å². The normalized spacial score (nSPS) is 28.1. The smallest absolute Gasteiger partial charge is 0.351 e. The number of hydrogen-bond donors (Lipinski definition) is 2. The van der Waals surface area contributed by atoms with Crippen LogP contribution in [0.5, 0.6) is 0 Å². The molecule has 0 aliphatic carbocycles. The van der Waals surface area contributed by atoms with Gasteiger partial charge in [-0.25, -0.2) is 4.79 Å². The molecule has 2 saturated heterocycles. The number of fused-ring (bicyclic) bond motifs is 1. The molecular weight excluding hydrogens is 366 g/mol. The molecule has 2 fully saturated rings. The van der Waals surface area contributed by atoms with E-state index in [1.807, 2.05) is 0 Å². The highest BCUT2D eigenvalue weighted by Gasteiger charge is 2.55. The van der Waals surface area contributed by atoms with Gasteiger partial charge in [0.25, 0.3) is 5.91 Å². The summed E-state index contributed by atoms with van der Waals surface area (Å²) in [6.07, 6.45) is -0.971. The summed E-state index contributed by atoms with van der Waals surface area (Å²) in [6, 6.07) is 10.1. The Bertz CT molecular complexity index is 929. The van der Waals surface area contributed by atoms with Gasteiger partial charge in [0.1, 0.15) is 24.1 Å². The van der Waals surface area contributed by atoms with Gasteiger partial charge in [0, 0.05) is 11.8 Å². The Morgan fingerprint density at radius 2 is 1.93 bits per heavy atom. The van der Waals surface area contributed by atoms with E-state index in [0.717, 1.165) is 0 Å². The fourth-order valence-electron chi connectivity index (χ4n) is 3.48. The molecule has 0 spiro atoms. The second-order valence-electron chi connectivity index (χ2n) is 7.14. The van der Waals surface area contributed by atoms with Crippen LogP contribution in [0.2, 0.25) is 0 Å². The van der Waals surface area contributed by atoms with Crippen LogP contribution in [0, 0.1) is 0 Å². The summed E-state index contributed by atoms with van der Waals surface area (Å²) in [5.41, 5.74) is -0.151. The third-order valence-corrected chi connectivity index (χ3v) is 4.69. The van der Waals surface area contributed by atoms with E-state index in [4.69, 9.17) is 14.2 Å². The van der Waals surface area contributed by atoms with Gasteiger partial charge in [0.2, 0.25) is 0 Å². The molecule has 2 aromatic rings. The Kier molecular flexibility index (Phi) is 4.76. The first-order valence-corrected chi connectivity index (χ1v) is 8.95. The number of nitrogens with zero attached hydrogens (tertiary/aromatic N) is 2. The van der Waals surface area contributed by atoms with Gasteiger partial charge in [-0.1, -0.05) is 18.2 Å². The Hall–Kier alpha value is -2.59. The van der Waals surface area contributed by atoms with Crippen LogP contribution in [0.3, 0.4) is 0 Å². The maximum atomic E-state index is 12.6. The van der Waals surface area contributed by atoms with Crippen LogP contribution in [0.25, 0.3) is 0 Å². The van der Waals surface area contributed by atoms with Crippen molar-refractivity contribution >= 4 is 11.7 Å². The molecule has 0 bridgehead atoms. The van der Waals surface area contributed by atoms with E-state index in [2.05, 4.69) is 10.3 Å². The first-order chi connectivity index (χ1) is 13.4. The SMILES string of the molecule is CC1(C)O[C@H]2[C@H](O1)[C@H](n1ccc(NC(=O)c3ccccc3)nc1=O)O[C@H]2CO. The maximum Gasteiger partial charge on any atom is 0.351 e. The zero-order valence-electron chi connectivity index (χ0n) is 15.4. The molecule has 1 amide bonds. The summed E-state index contributed by atoms with van der Waals surface area (Å²) in [5.74, 6) is -1.07. The Morgan fingerprint density at radius 3 is 2.61 bits per heavy atom. The number of carbonyl (C=O) groups is 1. The number of benzene rings is 1. The Labute approximate surface area is 160 Å². The summed E-state index contributed by atoms with van der Waals surface area (Å²) in [4.78, 5) is 28.7. The molecule has 1 aromatic heterocycles. The van der Waals surface area contributed by atoms with Crippen LogP contribution in [0.15, 0.2) is 47.4 Å². The standard InChI is InChI=1S/C19H21N3O6/c1-19(2)27-14-12(10-23)26-17(15(14)28-19)22-9-8-13(21-18(22)25)20-16(24)11-6-4-3-5-7-11/h3-9,12,14-15,17,23H,10H2,1-2H3,(H,20,21,24,25)/t12-,14+,15-,17+/m0/s1. The molecule has 0 radical (unpaired) electrons. The van der Waals surface area contributed by atoms with Crippen LogP contribution in [0.1, 0.15) is 30.4 Å². The van der Waals surface area contributed by atoms with Crippen molar-refractivity contribution in [1.82, 2.24) is 9.55 Å². The fraction of sp³-hybridized carbons (Fsp3) is 0.421. The molecular formula is C19H21N3O6. The maximum absolute atomic E-state index is 12.6. The summed E-state index contributed by atoms with van der Waals surface area (Å²) < 4.78 is 18.7. The predicted molar refractivity (Wildman–Crippen MR) is 97.7 cm³/mol. The summed E-state index contributed by atoms with van der Waals surface area (Å²) in [7, 11) is 0. The average Bonchev–Trinajstić information content (AvgIpc) is 3.15. The number of nitrogens with one attached hydrogen (secondary N) is 1.